The van der Waals surface area contributed by atoms with E-state index in [1.54, 1.807) is 31.4 Å². The van der Waals surface area contributed by atoms with Gasteiger partial charge in [0.25, 0.3) is 5.91 Å². The van der Waals surface area contributed by atoms with Gasteiger partial charge in [0.15, 0.2) is 0 Å². The second-order valence-electron chi connectivity index (χ2n) is 3.92. The maximum absolute atomic E-state index is 11.9. The van der Waals surface area contributed by atoms with Crippen molar-refractivity contribution < 1.29 is 9.63 Å². The molecule has 0 spiro atoms. The Morgan fingerprint density at radius 1 is 1.21 bits per heavy atom. The molecule has 4 nitrogen and oxygen atoms in total. The lowest BCUT2D eigenvalue weighted by Gasteiger charge is -2.13. The summed E-state index contributed by atoms with van der Waals surface area (Å²) < 4.78 is 0. The lowest BCUT2D eigenvalue weighted by atomic mass is 10.1. The average Bonchev–Trinajstić information content (AvgIpc) is 2.46. The van der Waals surface area contributed by atoms with Crippen LogP contribution >= 0.6 is 11.6 Å². The molecule has 98 valence electrons. The molecule has 1 heterocycles. The molecule has 0 fully saturated rings. The molecule has 0 bridgehead atoms. The quantitative estimate of drug-likeness (QED) is 0.809. The Morgan fingerprint density at radius 2 is 1.89 bits per heavy atom. The van der Waals surface area contributed by atoms with Crippen molar-refractivity contribution in [2.75, 3.05) is 14.2 Å². The Bertz CT molecular complexity index is 584. The monoisotopic (exact) mass is 276 g/mol. The fourth-order valence-corrected chi connectivity index (χ4v) is 1.74. The summed E-state index contributed by atoms with van der Waals surface area (Å²) in [6.07, 6.45) is 1.60. The number of amides is 1. The number of hydroxylamine groups is 2. The van der Waals surface area contributed by atoms with Crippen molar-refractivity contribution in [3.8, 4) is 11.1 Å². The molecule has 0 saturated heterocycles. The van der Waals surface area contributed by atoms with Crippen LogP contribution in [0.25, 0.3) is 11.1 Å². The van der Waals surface area contributed by atoms with Crippen LogP contribution in [0.5, 0.6) is 0 Å². The van der Waals surface area contributed by atoms with Crippen LogP contribution in [0.3, 0.4) is 0 Å². The second kappa shape index (κ2) is 5.82. The normalized spacial score (nSPS) is 10.3. The summed E-state index contributed by atoms with van der Waals surface area (Å²) in [4.78, 5) is 20.8. The van der Waals surface area contributed by atoms with E-state index in [1.807, 2.05) is 18.2 Å². The van der Waals surface area contributed by atoms with Gasteiger partial charge in [0, 0.05) is 18.3 Å². The highest BCUT2D eigenvalue weighted by Crippen LogP contribution is 2.21. The predicted octanol–water partition coefficient (Wildman–Crippen LogP) is 3.04. The first kappa shape index (κ1) is 13.5. The first-order valence-electron chi connectivity index (χ1n) is 5.66. The van der Waals surface area contributed by atoms with E-state index in [9.17, 15) is 4.79 Å². The Balaban J connectivity index is 2.34. The van der Waals surface area contributed by atoms with Crippen LogP contribution in [0.15, 0.2) is 42.6 Å². The first-order valence-corrected chi connectivity index (χ1v) is 6.04. The SMILES string of the molecule is CON(C)C(=O)c1cc(-c2ccc(Cl)cc2)ccn1. The molecule has 5 heteroatoms. The molecule has 0 unspecified atom stereocenters. The molecule has 19 heavy (non-hydrogen) atoms. The van der Waals surface area contributed by atoms with Crippen molar-refractivity contribution in [1.82, 2.24) is 10.0 Å². The highest BCUT2D eigenvalue weighted by Gasteiger charge is 2.13. The number of benzene rings is 1. The number of hydrogen-bond donors (Lipinski definition) is 0. The summed E-state index contributed by atoms with van der Waals surface area (Å²) in [5, 5.41) is 1.81. The Hall–Kier alpha value is -1.91. The summed E-state index contributed by atoms with van der Waals surface area (Å²) in [7, 11) is 2.97. The van der Waals surface area contributed by atoms with Gasteiger partial charge in [-0.25, -0.2) is 5.06 Å². The molecule has 1 amide bonds. The van der Waals surface area contributed by atoms with E-state index in [1.165, 1.54) is 7.11 Å². The number of aromatic nitrogens is 1. The van der Waals surface area contributed by atoms with E-state index in [0.717, 1.165) is 16.2 Å². The number of pyridine rings is 1. The summed E-state index contributed by atoms with van der Waals surface area (Å²) >= 11 is 5.85. The van der Waals surface area contributed by atoms with E-state index in [4.69, 9.17) is 16.4 Å². The maximum Gasteiger partial charge on any atom is 0.295 e. The van der Waals surface area contributed by atoms with E-state index in [2.05, 4.69) is 4.98 Å². The van der Waals surface area contributed by atoms with Crippen LogP contribution in [0, 0.1) is 0 Å². The third-order valence-corrected chi connectivity index (χ3v) is 2.97. The Labute approximate surface area is 116 Å². The van der Waals surface area contributed by atoms with Gasteiger partial charge in [-0.3, -0.25) is 14.6 Å². The van der Waals surface area contributed by atoms with Crippen LogP contribution in [0.2, 0.25) is 5.02 Å². The van der Waals surface area contributed by atoms with E-state index < -0.39 is 0 Å². The highest BCUT2D eigenvalue weighted by molar-refractivity contribution is 6.30. The maximum atomic E-state index is 11.9. The molecule has 0 aliphatic heterocycles. The number of carbonyl (C=O) groups is 1. The molecule has 0 N–H and O–H groups in total. The molecule has 1 aromatic carbocycles. The molecular weight excluding hydrogens is 264 g/mol. The molecule has 0 aliphatic carbocycles. The fourth-order valence-electron chi connectivity index (χ4n) is 1.61. The molecule has 0 aliphatic rings. The lowest BCUT2D eigenvalue weighted by Crippen LogP contribution is -2.26. The van der Waals surface area contributed by atoms with Crippen LogP contribution in [-0.2, 0) is 4.84 Å². The molecular formula is C14H13ClN2O2. The number of rotatable bonds is 3. The second-order valence-corrected chi connectivity index (χ2v) is 4.36. The van der Waals surface area contributed by atoms with E-state index in [0.29, 0.717) is 10.7 Å². The summed E-state index contributed by atoms with van der Waals surface area (Å²) in [6.45, 7) is 0. The minimum atomic E-state index is -0.293. The third kappa shape index (κ3) is 3.10. The summed E-state index contributed by atoms with van der Waals surface area (Å²) in [6, 6.07) is 11.0. The molecule has 0 radical (unpaired) electrons. The zero-order valence-corrected chi connectivity index (χ0v) is 11.4. The van der Waals surface area contributed by atoms with Gasteiger partial charge in [0.2, 0.25) is 0 Å². The van der Waals surface area contributed by atoms with Crippen LogP contribution < -0.4 is 0 Å². The average molecular weight is 277 g/mol. The van der Waals surface area contributed by atoms with Crippen molar-refractivity contribution in [1.29, 1.82) is 0 Å². The minimum absolute atomic E-state index is 0.293. The highest BCUT2D eigenvalue weighted by atomic mass is 35.5. The van der Waals surface area contributed by atoms with Crippen LogP contribution in [0.4, 0.5) is 0 Å². The van der Waals surface area contributed by atoms with Crippen molar-refractivity contribution in [2.45, 2.75) is 0 Å². The molecule has 2 rings (SSSR count). The fraction of sp³-hybridized carbons (Fsp3) is 0.143. The van der Waals surface area contributed by atoms with Crippen molar-refractivity contribution >= 4 is 17.5 Å². The zero-order chi connectivity index (χ0) is 13.8. The van der Waals surface area contributed by atoms with Crippen LogP contribution in [-0.4, -0.2) is 30.1 Å². The van der Waals surface area contributed by atoms with E-state index >= 15 is 0 Å². The largest absolute Gasteiger partial charge is 0.295 e. The molecule has 1 aromatic heterocycles. The van der Waals surface area contributed by atoms with Crippen molar-refractivity contribution in [3.05, 3.63) is 53.3 Å². The van der Waals surface area contributed by atoms with Gasteiger partial charge in [-0.05, 0) is 35.4 Å². The van der Waals surface area contributed by atoms with Gasteiger partial charge in [-0.2, -0.15) is 0 Å². The standard InChI is InChI=1S/C14H13ClN2O2/c1-17(19-2)14(18)13-9-11(7-8-16-13)10-3-5-12(15)6-4-10/h3-9H,1-2H3. The molecule has 2 aromatic rings. The topological polar surface area (TPSA) is 42.4 Å². The number of nitrogens with zero attached hydrogens (tertiary/aromatic N) is 2. The predicted molar refractivity (Wildman–Crippen MR) is 73.8 cm³/mol. The minimum Gasteiger partial charge on any atom is -0.274 e. The zero-order valence-electron chi connectivity index (χ0n) is 10.6. The summed E-state index contributed by atoms with van der Waals surface area (Å²) in [5.41, 5.74) is 2.21. The third-order valence-electron chi connectivity index (χ3n) is 2.72. The van der Waals surface area contributed by atoms with Gasteiger partial charge >= 0.3 is 0 Å². The van der Waals surface area contributed by atoms with Crippen LogP contribution in [0.1, 0.15) is 10.5 Å². The van der Waals surface area contributed by atoms with E-state index in [-0.39, 0.29) is 5.91 Å². The smallest absolute Gasteiger partial charge is 0.274 e. The molecule has 0 saturated carbocycles. The van der Waals surface area contributed by atoms with Gasteiger partial charge in [-0.1, -0.05) is 23.7 Å². The number of hydrogen-bond acceptors (Lipinski definition) is 3. The summed E-state index contributed by atoms with van der Waals surface area (Å²) in [5.74, 6) is -0.293. The first-order chi connectivity index (χ1) is 9.11. The Kier molecular flexibility index (Phi) is 4.14. The van der Waals surface area contributed by atoms with Crippen molar-refractivity contribution in [2.24, 2.45) is 0 Å². The lowest BCUT2D eigenvalue weighted by molar-refractivity contribution is -0.0760. The van der Waals surface area contributed by atoms with Crippen molar-refractivity contribution in [3.63, 3.8) is 0 Å². The van der Waals surface area contributed by atoms with Gasteiger partial charge in [0.1, 0.15) is 5.69 Å². The number of halogens is 1. The van der Waals surface area contributed by atoms with Gasteiger partial charge in [-0.15, -0.1) is 0 Å². The number of carbonyl (C=O) groups excluding carboxylic acids is 1. The van der Waals surface area contributed by atoms with Gasteiger partial charge in [0.05, 0.1) is 7.11 Å². The Morgan fingerprint density at radius 3 is 2.53 bits per heavy atom. The van der Waals surface area contributed by atoms with Gasteiger partial charge < -0.3 is 0 Å². The molecule has 0 atom stereocenters.